The van der Waals surface area contributed by atoms with Gasteiger partial charge < -0.3 is 28.9 Å². The molecule has 10 nitrogen and oxygen atoms in total. The van der Waals surface area contributed by atoms with Crippen molar-refractivity contribution in [2.75, 3.05) is 26.2 Å². The second-order valence-corrected chi connectivity index (χ2v) is 12.3. The maximum atomic E-state index is 13.3. The molecule has 7 rings (SSSR count). The highest BCUT2D eigenvalue weighted by molar-refractivity contribution is 5.90. The van der Waals surface area contributed by atoms with Crippen molar-refractivity contribution in [3.63, 3.8) is 0 Å². The fraction of sp³-hybridized carbons (Fsp3) is 0.515. The average molecular weight is 587 g/mol. The molecule has 4 aliphatic rings. The van der Waals surface area contributed by atoms with Crippen LogP contribution in [0.25, 0.3) is 22.3 Å². The summed E-state index contributed by atoms with van der Waals surface area (Å²) in [5, 5.41) is 11.3. The highest BCUT2D eigenvalue weighted by Crippen LogP contribution is 2.39. The predicted molar refractivity (Wildman–Crippen MR) is 160 cm³/mol. The van der Waals surface area contributed by atoms with Gasteiger partial charge in [0.25, 0.3) is 5.56 Å². The first-order valence-electron chi connectivity index (χ1n) is 15.6. The number of hydrogen-bond donors (Lipinski definition) is 1. The minimum Gasteiger partial charge on any atom is -0.458 e. The van der Waals surface area contributed by atoms with E-state index in [1.54, 1.807) is 16.7 Å². The summed E-state index contributed by atoms with van der Waals surface area (Å²) in [7, 11) is 0. The van der Waals surface area contributed by atoms with Crippen LogP contribution < -0.4 is 10.3 Å². The van der Waals surface area contributed by atoms with E-state index in [4.69, 9.17) is 14.5 Å². The number of ether oxygens (including phenoxy) is 2. The van der Waals surface area contributed by atoms with Crippen LogP contribution in [0.4, 0.5) is 4.79 Å². The summed E-state index contributed by atoms with van der Waals surface area (Å²) in [5.74, 6) is 0.575. The number of nitrogens with zero attached hydrogens (tertiary/aromatic N) is 4. The van der Waals surface area contributed by atoms with Gasteiger partial charge >= 0.3 is 12.1 Å². The van der Waals surface area contributed by atoms with E-state index in [0.29, 0.717) is 54.8 Å². The third kappa shape index (κ3) is 4.80. The number of aliphatic hydroxyl groups is 1. The molecule has 226 valence electrons. The first-order valence-corrected chi connectivity index (χ1v) is 15.6. The molecule has 2 fully saturated rings. The molecule has 10 heteroatoms. The fourth-order valence-corrected chi connectivity index (χ4v) is 7.46. The largest absolute Gasteiger partial charge is 0.458 e. The van der Waals surface area contributed by atoms with Crippen LogP contribution in [0.15, 0.2) is 29.1 Å². The maximum Gasteiger partial charge on any atom is 0.415 e. The van der Waals surface area contributed by atoms with E-state index >= 15 is 0 Å². The number of likely N-dealkylation sites (tertiary alicyclic amines) is 2. The number of aliphatic hydroxyl groups excluding tert-OH is 1. The Morgan fingerprint density at radius 1 is 1.05 bits per heavy atom. The smallest absolute Gasteiger partial charge is 0.415 e. The monoisotopic (exact) mass is 586 g/mol. The van der Waals surface area contributed by atoms with Crippen LogP contribution >= 0.6 is 0 Å². The lowest BCUT2D eigenvalue weighted by Gasteiger charge is -2.41. The quantitative estimate of drug-likeness (QED) is 0.355. The Labute approximate surface area is 250 Å². The van der Waals surface area contributed by atoms with E-state index in [-0.39, 0.29) is 23.8 Å². The van der Waals surface area contributed by atoms with Crippen molar-refractivity contribution in [2.24, 2.45) is 5.92 Å². The van der Waals surface area contributed by atoms with Crippen LogP contribution in [-0.4, -0.2) is 68.7 Å². The molecule has 0 radical (unpaired) electrons. The number of fused-ring (bicyclic) bond motifs is 5. The summed E-state index contributed by atoms with van der Waals surface area (Å²) in [6.45, 7) is 8.25. The van der Waals surface area contributed by atoms with Gasteiger partial charge in [-0.05, 0) is 80.9 Å². The zero-order valence-electron chi connectivity index (χ0n) is 24.8. The van der Waals surface area contributed by atoms with E-state index in [2.05, 4.69) is 18.7 Å². The van der Waals surface area contributed by atoms with Gasteiger partial charge in [0.2, 0.25) is 0 Å². The molecular weight excluding hydrogens is 548 g/mol. The summed E-state index contributed by atoms with van der Waals surface area (Å²) in [4.78, 5) is 47.8. The third-order valence-electron chi connectivity index (χ3n) is 10.1. The Kier molecular flexibility index (Phi) is 7.21. The molecule has 1 amide bonds. The summed E-state index contributed by atoms with van der Waals surface area (Å²) < 4.78 is 12.5. The first kappa shape index (κ1) is 28.0. The number of hydrogen-bond acceptors (Lipinski definition) is 8. The highest BCUT2D eigenvalue weighted by atomic mass is 16.6. The number of amides is 1. The second-order valence-electron chi connectivity index (χ2n) is 12.3. The molecular formula is C33H38N4O6. The number of pyridine rings is 2. The number of aryl methyl sites for hydroxylation is 1. The number of rotatable bonds is 4. The number of piperidine rings is 2. The van der Waals surface area contributed by atoms with Crippen molar-refractivity contribution >= 4 is 23.0 Å². The fourth-order valence-electron chi connectivity index (χ4n) is 7.46. The van der Waals surface area contributed by atoms with E-state index < -0.39 is 12.1 Å². The van der Waals surface area contributed by atoms with E-state index in [1.807, 2.05) is 17.0 Å². The zero-order chi connectivity index (χ0) is 29.8. The van der Waals surface area contributed by atoms with Gasteiger partial charge in [0.1, 0.15) is 12.4 Å². The zero-order valence-corrected chi connectivity index (χ0v) is 24.8. The van der Waals surface area contributed by atoms with Gasteiger partial charge in [-0.2, -0.15) is 0 Å². The van der Waals surface area contributed by atoms with Crippen molar-refractivity contribution in [3.8, 4) is 17.1 Å². The summed E-state index contributed by atoms with van der Waals surface area (Å²) in [6.07, 6.45) is 4.65. The average Bonchev–Trinajstić information content (AvgIpc) is 3.40. The molecule has 1 aromatic carbocycles. The Bertz CT molecular complexity index is 1670. The van der Waals surface area contributed by atoms with Gasteiger partial charge in [-0.15, -0.1) is 0 Å². The lowest BCUT2D eigenvalue weighted by atomic mass is 9.92. The van der Waals surface area contributed by atoms with Gasteiger partial charge in [-0.25, -0.2) is 14.6 Å². The van der Waals surface area contributed by atoms with Gasteiger partial charge in [0.15, 0.2) is 6.10 Å². The second kappa shape index (κ2) is 11.1. The highest BCUT2D eigenvalue weighted by Gasteiger charge is 2.35. The Hall–Kier alpha value is -3.76. The van der Waals surface area contributed by atoms with Gasteiger partial charge in [0, 0.05) is 35.6 Å². The van der Waals surface area contributed by atoms with Crippen molar-refractivity contribution in [1.82, 2.24) is 19.4 Å². The van der Waals surface area contributed by atoms with Crippen LogP contribution in [0.1, 0.15) is 74.3 Å². The molecule has 3 aromatic rings. The Balaban J connectivity index is 1.10. The lowest BCUT2D eigenvalue weighted by Crippen LogP contribution is -2.49. The minimum absolute atomic E-state index is 0.152. The van der Waals surface area contributed by atoms with Crippen LogP contribution in [0.2, 0.25) is 0 Å². The summed E-state index contributed by atoms with van der Waals surface area (Å²) in [5.41, 5.74) is 4.22. The van der Waals surface area contributed by atoms with Gasteiger partial charge in [-0.1, -0.05) is 20.3 Å². The Morgan fingerprint density at radius 3 is 2.53 bits per heavy atom. The molecule has 2 saturated heterocycles. The Morgan fingerprint density at radius 2 is 1.81 bits per heavy atom. The molecule has 2 aromatic heterocycles. The van der Waals surface area contributed by atoms with Crippen molar-refractivity contribution in [3.05, 3.63) is 56.9 Å². The standard InChI is InChI=1S/C33H38N4O6/c1-3-19-7-11-35(12-8-19)20-9-13-36(14-10-20)33(41)43-21-5-6-27-23(15-21)22(4-2)25-17-37-28(29(25)34-27)16-24-26(31(37)39)18-42-32(40)30(24)38/h5-6,15-16,19-20,30,38H,3-4,7-14,17-18H2,1-2H3/t30-/m0/s1. The molecule has 1 atom stereocenters. The lowest BCUT2D eigenvalue weighted by molar-refractivity contribution is -0.157. The summed E-state index contributed by atoms with van der Waals surface area (Å²) >= 11 is 0. The van der Waals surface area contributed by atoms with E-state index in [9.17, 15) is 19.5 Å². The van der Waals surface area contributed by atoms with Gasteiger partial charge in [0.05, 0.1) is 29.0 Å². The molecule has 1 N–H and O–H groups in total. The van der Waals surface area contributed by atoms with Gasteiger partial charge in [-0.3, -0.25) is 4.79 Å². The van der Waals surface area contributed by atoms with Crippen molar-refractivity contribution in [2.45, 2.75) is 77.7 Å². The normalized spacial score (nSPS) is 21.0. The molecule has 4 aliphatic heterocycles. The van der Waals surface area contributed by atoms with Crippen molar-refractivity contribution in [1.29, 1.82) is 0 Å². The number of esters is 1. The number of cyclic esters (lactones) is 1. The molecule has 0 saturated carbocycles. The SMILES string of the molecule is CCc1c2c(nc3ccc(OC(=O)N4CCC(N5CCC(CC)CC5)CC4)cc13)-c1cc3c(c(=O)n1C2)COC(=O)[C@H]3O. The minimum atomic E-state index is -1.49. The van der Waals surface area contributed by atoms with E-state index in [1.165, 1.54) is 32.4 Å². The molecule has 0 spiro atoms. The number of aromatic nitrogens is 2. The van der Waals surface area contributed by atoms with Crippen LogP contribution in [0, 0.1) is 5.92 Å². The summed E-state index contributed by atoms with van der Waals surface area (Å²) in [6, 6.07) is 7.71. The molecule has 0 unspecified atom stereocenters. The third-order valence-corrected chi connectivity index (χ3v) is 10.1. The molecule has 43 heavy (non-hydrogen) atoms. The number of carbonyl (C=O) groups excluding carboxylic acids is 2. The molecule has 6 heterocycles. The van der Waals surface area contributed by atoms with Crippen LogP contribution in [0.3, 0.4) is 0 Å². The predicted octanol–water partition coefficient (Wildman–Crippen LogP) is 4.16. The van der Waals surface area contributed by atoms with Crippen molar-refractivity contribution < 1.29 is 24.2 Å². The van der Waals surface area contributed by atoms with Crippen LogP contribution in [0.5, 0.6) is 5.75 Å². The number of carbonyl (C=O) groups is 2. The van der Waals surface area contributed by atoms with Crippen LogP contribution in [-0.2, 0) is 29.1 Å². The molecule has 0 aliphatic carbocycles. The van der Waals surface area contributed by atoms with E-state index in [0.717, 1.165) is 40.8 Å². The first-order chi connectivity index (χ1) is 20.9. The molecule has 0 bridgehead atoms. The maximum absolute atomic E-state index is 13.3. The topological polar surface area (TPSA) is 114 Å². The number of benzene rings is 1.